The van der Waals surface area contributed by atoms with Crippen LogP contribution in [0.4, 0.5) is 0 Å². The molecule has 0 N–H and O–H groups in total. The molecule has 0 aromatic rings. The van der Waals surface area contributed by atoms with E-state index in [2.05, 4.69) is 46.5 Å². The van der Waals surface area contributed by atoms with Gasteiger partial charge in [-0.05, 0) is 32.0 Å². The van der Waals surface area contributed by atoms with Gasteiger partial charge >= 0.3 is 0 Å². The Morgan fingerprint density at radius 2 is 2.07 bits per heavy atom. The Balaban J connectivity index is 2.31. The molecule has 1 heterocycles. The number of halogens is 1. The molecule has 1 aliphatic heterocycles. The largest absolute Gasteiger partial charge is 0.301 e. The highest BCUT2D eigenvalue weighted by molar-refractivity contribution is 9.09. The lowest BCUT2D eigenvalue weighted by atomic mass is 10.2. The van der Waals surface area contributed by atoms with Crippen LogP contribution in [0.5, 0.6) is 0 Å². The van der Waals surface area contributed by atoms with Crippen molar-refractivity contribution in [1.82, 2.24) is 9.80 Å². The van der Waals surface area contributed by atoms with E-state index < -0.39 is 0 Å². The maximum atomic E-state index is 3.56. The number of nitrogens with zero attached hydrogens (tertiary/aromatic N) is 2. The van der Waals surface area contributed by atoms with Gasteiger partial charge in [0.05, 0.1) is 0 Å². The van der Waals surface area contributed by atoms with E-state index in [1.807, 2.05) is 0 Å². The molecular formula is C12H25BrN2. The van der Waals surface area contributed by atoms with Gasteiger partial charge in [0, 0.05) is 24.5 Å². The molecule has 0 saturated carbocycles. The Hall–Kier alpha value is 0.400. The Bertz CT molecular complexity index is 171. The summed E-state index contributed by atoms with van der Waals surface area (Å²) >= 11 is 3.56. The summed E-state index contributed by atoms with van der Waals surface area (Å²) in [6, 6.07) is 0.808. The summed E-state index contributed by atoms with van der Waals surface area (Å²) in [6.07, 6.45) is 1.36. The number of hydrogen-bond donors (Lipinski definition) is 0. The summed E-state index contributed by atoms with van der Waals surface area (Å²) in [6.45, 7) is 13.1. The molecule has 15 heavy (non-hydrogen) atoms. The molecule has 2 unspecified atom stereocenters. The van der Waals surface area contributed by atoms with Crippen LogP contribution in [-0.2, 0) is 0 Å². The van der Waals surface area contributed by atoms with Crippen molar-refractivity contribution in [2.75, 3.05) is 38.1 Å². The molecule has 90 valence electrons. The topological polar surface area (TPSA) is 6.48 Å². The van der Waals surface area contributed by atoms with Gasteiger partial charge in [-0.25, -0.2) is 0 Å². The summed E-state index contributed by atoms with van der Waals surface area (Å²) in [7, 11) is 0. The van der Waals surface area contributed by atoms with Crippen molar-refractivity contribution >= 4 is 15.9 Å². The predicted octanol–water partition coefficient (Wildman–Crippen LogP) is 2.43. The van der Waals surface area contributed by atoms with Crippen molar-refractivity contribution in [3.05, 3.63) is 0 Å². The quantitative estimate of drug-likeness (QED) is 0.688. The fraction of sp³-hybridized carbons (Fsp3) is 1.00. The van der Waals surface area contributed by atoms with Crippen LogP contribution in [0.25, 0.3) is 0 Å². The van der Waals surface area contributed by atoms with Crippen LogP contribution in [0.2, 0.25) is 0 Å². The first kappa shape index (κ1) is 13.5. The van der Waals surface area contributed by atoms with Gasteiger partial charge in [-0.2, -0.15) is 0 Å². The third-order valence-corrected chi connectivity index (χ3v) is 4.51. The van der Waals surface area contributed by atoms with Crippen LogP contribution in [0.3, 0.4) is 0 Å². The van der Waals surface area contributed by atoms with Gasteiger partial charge in [0.2, 0.25) is 0 Å². The molecule has 2 nitrogen and oxygen atoms in total. The zero-order chi connectivity index (χ0) is 11.3. The van der Waals surface area contributed by atoms with Crippen molar-refractivity contribution in [2.24, 2.45) is 5.92 Å². The van der Waals surface area contributed by atoms with Gasteiger partial charge in [0.15, 0.2) is 0 Å². The van der Waals surface area contributed by atoms with E-state index in [1.165, 1.54) is 39.1 Å². The lowest BCUT2D eigenvalue weighted by Gasteiger charge is -2.26. The first-order valence-corrected chi connectivity index (χ1v) is 7.35. The molecule has 1 aliphatic rings. The van der Waals surface area contributed by atoms with E-state index >= 15 is 0 Å². The molecule has 0 bridgehead atoms. The van der Waals surface area contributed by atoms with E-state index in [0.29, 0.717) is 0 Å². The van der Waals surface area contributed by atoms with E-state index in [9.17, 15) is 0 Å². The van der Waals surface area contributed by atoms with E-state index in [-0.39, 0.29) is 0 Å². The van der Waals surface area contributed by atoms with Gasteiger partial charge in [-0.3, -0.25) is 4.90 Å². The second-order valence-corrected chi connectivity index (χ2v) is 5.33. The standard InChI is InChI=1S/C12H25BrN2/c1-4-15(5-2)12-6-7-14(10-12)9-11(3)8-13/h11-12H,4-10H2,1-3H3. The van der Waals surface area contributed by atoms with Crippen LogP contribution in [0.1, 0.15) is 27.2 Å². The molecule has 0 aliphatic carbocycles. The average molecular weight is 277 g/mol. The van der Waals surface area contributed by atoms with Crippen LogP contribution in [-0.4, -0.2) is 53.9 Å². The predicted molar refractivity (Wildman–Crippen MR) is 70.7 cm³/mol. The minimum Gasteiger partial charge on any atom is -0.301 e. The molecule has 1 fully saturated rings. The summed E-state index contributed by atoms with van der Waals surface area (Å²) in [4.78, 5) is 5.22. The Labute approximate surface area is 103 Å². The van der Waals surface area contributed by atoms with Gasteiger partial charge in [0.1, 0.15) is 0 Å². The Kier molecular flexibility index (Phi) is 6.17. The van der Waals surface area contributed by atoms with Crippen molar-refractivity contribution in [2.45, 2.75) is 33.2 Å². The normalized spacial score (nSPS) is 25.0. The maximum absolute atomic E-state index is 3.56. The lowest BCUT2D eigenvalue weighted by Crippen LogP contribution is -2.38. The number of likely N-dealkylation sites (tertiary alicyclic amines) is 1. The number of rotatable bonds is 6. The summed E-state index contributed by atoms with van der Waals surface area (Å²) in [5, 5.41) is 1.12. The van der Waals surface area contributed by atoms with Crippen molar-refractivity contribution < 1.29 is 0 Å². The van der Waals surface area contributed by atoms with Crippen LogP contribution in [0, 0.1) is 5.92 Å². The number of alkyl halides is 1. The molecule has 0 aromatic carbocycles. The highest BCUT2D eigenvalue weighted by Crippen LogP contribution is 2.17. The molecule has 0 radical (unpaired) electrons. The maximum Gasteiger partial charge on any atom is 0.0235 e. The molecule has 0 spiro atoms. The first-order valence-electron chi connectivity index (χ1n) is 6.23. The zero-order valence-electron chi connectivity index (χ0n) is 10.4. The Morgan fingerprint density at radius 3 is 2.60 bits per heavy atom. The molecule has 0 aromatic heterocycles. The minimum absolute atomic E-state index is 0.778. The Morgan fingerprint density at radius 1 is 1.40 bits per heavy atom. The van der Waals surface area contributed by atoms with Crippen LogP contribution < -0.4 is 0 Å². The van der Waals surface area contributed by atoms with Gasteiger partial charge in [0.25, 0.3) is 0 Å². The second-order valence-electron chi connectivity index (χ2n) is 4.68. The molecule has 1 saturated heterocycles. The molecule has 0 amide bonds. The number of likely N-dealkylation sites (N-methyl/N-ethyl adjacent to an activating group) is 1. The highest BCUT2D eigenvalue weighted by Gasteiger charge is 2.26. The third-order valence-electron chi connectivity index (χ3n) is 3.41. The van der Waals surface area contributed by atoms with Gasteiger partial charge in [-0.15, -0.1) is 0 Å². The molecular weight excluding hydrogens is 252 g/mol. The first-order chi connectivity index (χ1) is 7.21. The summed E-state index contributed by atoms with van der Waals surface area (Å²) < 4.78 is 0. The summed E-state index contributed by atoms with van der Waals surface area (Å²) in [5.41, 5.74) is 0. The molecule has 1 rings (SSSR count). The van der Waals surface area contributed by atoms with Crippen LogP contribution in [0.15, 0.2) is 0 Å². The summed E-state index contributed by atoms with van der Waals surface area (Å²) in [5.74, 6) is 0.778. The van der Waals surface area contributed by atoms with Gasteiger partial charge in [-0.1, -0.05) is 36.7 Å². The highest BCUT2D eigenvalue weighted by atomic mass is 79.9. The van der Waals surface area contributed by atoms with E-state index in [1.54, 1.807) is 0 Å². The van der Waals surface area contributed by atoms with Gasteiger partial charge < -0.3 is 4.90 Å². The van der Waals surface area contributed by atoms with Crippen molar-refractivity contribution in [1.29, 1.82) is 0 Å². The average Bonchev–Trinajstić information content (AvgIpc) is 2.68. The SMILES string of the molecule is CCN(CC)C1CCN(CC(C)CBr)C1. The fourth-order valence-corrected chi connectivity index (χ4v) is 2.71. The third kappa shape index (κ3) is 4.04. The zero-order valence-corrected chi connectivity index (χ0v) is 12.0. The second kappa shape index (κ2) is 6.87. The molecule has 2 atom stereocenters. The van der Waals surface area contributed by atoms with E-state index in [4.69, 9.17) is 0 Å². The molecule has 3 heteroatoms. The fourth-order valence-electron chi connectivity index (χ4n) is 2.51. The van der Waals surface area contributed by atoms with Crippen molar-refractivity contribution in [3.63, 3.8) is 0 Å². The lowest BCUT2D eigenvalue weighted by molar-refractivity contribution is 0.205. The smallest absolute Gasteiger partial charge is 0.0235 e. The monoisotopic (exact) mass is 276 g/mol. The van der Waals surface area contributed by atoms with Crippen LogP contribution >= 0.6 is 15.9 Å². The van der Waals surface area contributed by atoms with Crippen molar-refractivity contribution in [3.8, 4) is 0 Å². The van der Waals surface area contributed by atoms with E-state index in [0.717, 1.165) is 17.3 Å². The minimum atomic E-state index is 0.778. The number of hydrogen-bond acceptors (Lipinski definition) is 2.